The standard InChI is InChI=1S/C22H31N3O5S/c1-6-25(7-2)12-13-30-21-14-17(9-11-20(21)29-5)24-22(26)19-15-18(10-8-16(19)3)31(27,28)23-4/h8-11,14-15,23H,6-7,12-13H2,1-5H3,(H,24,26). The van der Waals surface area contributed by atoms with Crippen molar-refractivity contribution < 1.29 is 22.7 Å². The van der Waals surface area contributed by atoms with E-state index in [-0.39, 0.29) is 10.5 Å². The van der Waals surface area contributed by atoms with Crippen molar-refractivity contribution in [1.29, 1.82) is 0 Å². The monoisotopic (exact) mass is 449 g/mol. The first-order valence-electron chi connectivity index (χ1n) is 10.1. The number of aryl methyl sites for hydroxylation is 1. The average molecular weight is 450 g/mol. The quantitative estimate of drug-likeness (QED) is 0.548. The second-order valence-corrected chi connectivity index (χ2v) is 8.77. The molecule has 0 aliphatic carbocycles. The van der Waals surface area contributed by atoms with Gasteiger partial charge >= 0.3 is 0 Å². The Labute approximate surface area is 184 Å². The Balaban J connectivity index is 2.21. The summed E-state index contributed by atoms with van der Waals surface area (Å²) in [5.74, 6) is 0.677. The van der Waals surface area contributed by atoms with Gasteiger partial charge in [0.1, 0.15) is 6.61 Å². The van der Waals surface area contributed by atoms with Crippen LogP contribution in [0.25, 0.3) is 0 Å². The molecule has 9 heteroatoms. The smallest absolute Gasteiger partial charge is 0.255 e. The van der Waals surface area contributed by atoms with Crippen LogP contribution in [0.15, 0.2) is 41.3 Å². The van der Waals surface area contributed by atoms with Gasteiger partial charge in [-0.3, -0.25) is 4.79 Å². The van der Waals surface area contributed by atoms with Gasteiger partial charge in [0.05, 0.1) is 12.0 Å². The Hall–Kier alpha value is -2.62. The molecule has 0 aliphatic heterocycles. The Morgan fingerprint density at radius 1 is 1.06 bits per heavy atom. The SMILES string of the molecule is CCN(CC)CCOc1cc(NC(=O)c2cc(S(=O)(=O)NC)ccc2C)ccc1OC. The topological polar surface area (TPSA) is 97.0 Å². The van der Waals surface area contributed by atoms with Crippen LogP contribution in [0.3, 0.4) is 0 Å². The van der Waals surface area contributed by atoms with Gasteiger partial charge in [0.15, 0.2) is 11.5 Å². The lowest BCUT2D eigenvalue weighted by Crippen LogP contribution is -2.28. The maximum Gasteiger partial charge on any atom is 0.255 e. The number of nitrogens with zero attached hydrogens (tertiary/aromatic N) is 1. The highest BCUT2D eigenvalue weighted by Gasteiger charge is 2.17. The van der Waals surface area contributed by atoms with E-state index in [1.54, 1.807) is 38.3 Å². The van der Waals surface area contributed by atoms with E-state index in [2.05, 4.69) is 28.8 Å². The highest BCUT2D eigenvalue weighted by Crippen LogP contribution is 2.30. The number of carbonyl (C=O) groups excluding carboxylic acids is 1. The van der Waals surface area contributed by atoms with Crippen molar-refractivity contribution in [2.45, 2.75) is 25.7 Å². The molecular weight excluding hydrogens is 418 g/mol. The molecule has 0 bridgehead atoms. The molecule has 170 valence electrons. The van der Waals surface area contributed by atoms with Crippen LogP contribution < -0.4 is 19.5 Å². The van der Waals surface area contributed by atoms with Gasteiger partial charge in [-0.05, 0) is 56.9 Å². The fraction of sp³-hybridized carbons (Fsp3) is 0.409. The minimum Gasteiger partial charge on any atom is -0.493 e. The molecule has 31 heavy (non-hydrogen) atoms. The van der Waals surface area contributed by atoms with E-state index in [0.29, 0.717) is 29.4 Å². The van der Waals surface area contributed by atoms with Gasteiger partial charge in [0.2, 0.25) is 10.0 Å². The van der Waals surface area contributed by atoms with Crippen molar-refractivity contribution in [2.75, 3.05) is 45.7 Å². The van der Waals surface area contributed by atoms with Crippen molar-refractivity contribution in [3.8, 4) is 11.5 Å². The van der Waals surface area contributed by atoms with Gasteiger partial charge in [0.25, 0.3) is 5.91 Å². The first-order valence-corrected chi connectivity index (χ1v) is 11.6. The molecule has 2 rings (SSSR count). The summed E-state index contributed by atoms with van der Waals surface area (Å²) in [7, 11) is -0.767. The van der Waals surface area contributed by atoms with Crippen LogP contribution >= 0.6 is 0 Å². The van der Waals surface area contributed by atoms with Crippen molar-refractivity contribution in [3.05, 3.63) is 47.5 Å². The summed E-state index contributed by atoms with van der Waals surface area (Å²) in [5.41, 5.74) is 1.46. The summed E-state index contributed by atoms with van der Waals surface area (Å²) in [6.07, 6.45) is 0. The summed E-state index contributed by atoms with van der Waals surface area (Å²) in [6, 6.07) is 9.56. The molecule has 2 aromatic rings. The molecule has 0 fully saturated rings. The van der Waals surface area contributed by atoms with Gasteiger partial charge in [-0.15, -0.1) is 0 Å². The fourth-order valence-electron chi connectivity index (χ4n) is 3.02. The summed E-state index contributed by atoms with van der Waals surface area (Å²) >= 11 is 0. The van der Waals surface area contributed by atoms with Crippen LogP contribution in [0.4, 0.5) is 5.69 Å². The number of rotatable bonds is 11. The van der Waals surface area contributed by atoms with Gasteiger partial charge in [-0.2, -0.15) is 0 Å². The Morgan fingerprint density at radius 3 is 2.39 bits per heavy atom. The van der Waals surface area contributed by atoms with E-state index in [4.69, 9.17) is 9.47 Å². The predicted molar refractivity (Wildman–Crippen MR) is 122 cm³/mol. The zero-order valence-corrected chi connectivity index (χ0v) is 19.5. The summed E-state index contributed by atoms with van der Waals surface area (Å²) < 4.78 is 37.7. The van der Waals surface area contributed by atoms with Crippen LogP contribution in [-0.4, -0.2) is 59.6 Å². The Kier molecular flexibility index (Phi) is 8.85. The molecule has 1 amide bonds. The number of ether oxygens (including phenoxy) is 2. The maximum atomic E-state index is 12.8. The van der Waals surface area contributed by atoms with Crippen LogP contribution in [0, 0.1) is 6.92 Å². The zero-order valence-electron chi connectivity index (χ0n) is 18.7. The van der Waals surface area contributed by atoms with Gasteiger partial charge < -0.3 is 19.7 Å². The number of sulfonamides is 1. The number of benzene rings is 2. The van der Waals surface area contributed by atoms with Crippen molar-refractivity contribution in [3.63, 3.8) is 0 Å². The van der Waals surface area contributed by atoms with Crippen LogP contribution in [0.5, 0.6) is 11.5 Å². The second-order valence-electron chi connectivity index (χ2n) is 6.88. The highest BCUT2D eigenvalue weighted by atomic mass is 32.2. The van der Waals surface area contributed by atoms with E-state index >= 15 is 0 Å². The predicted octanol–water partition coefficient (Wildman–Crippen LogP) is 2.88. The number of anilines is 1. The Morgan fingerprint density at radius 2 is 1.77 bits per heavy atom. The number of hydrogen-bond donors (Lipinski definition) is 2. The van der Waals surface area contributed by atoms with Gasteiger partial charge in [-0.25, -0.2) is 13.1 Å². The van der Waals surface area contributed by atoms with Crippen LogP contribution in [-0.2, 0) is 10.0 Å². The third-order valence-corrected chi connectivity index (χ3v) is 6.43. The van der Waals surface area contributed by atoms with Crippen molar-refractivity contribution >= 4 is 21.6 Å². The number of amides is 1. The molecule has 2 N–H and O–H groups in total. The van der Waals surface area contributed by atoms with Crippen molar-refractivity contribution in [1.82, 2.24) is 9.62 Å². The van der Waals surface area contributed by atoms with E-state index in [1.165, 1.54) is 19.2 Å². The summed E-state index contributed by atoms with van der Waals surface area (Å²) in [4.78, 5) is 15.1. The second kappa shape index (κ2) is 11.1. The molecule has 8 nitrogen and oxygen atoms in total. The van der Waals surface area contributed by atoms with E-state index in [0.717, 1.165) is 19.6 Å². The fourth-order valence-corrected chi connectivity index (χ4v) is 3.78. The number of hydrogen-bond acceptors (Lipinski definition) is 6. The largest absolute Gasteiger partial charge is 0.493 e. The molecule has 0 saturated carbocycles. The minimum absolute atomic E-state index is 0.0286. The maximum absolute atomic E-state index is 12.8. The first-order chi connectivity index (χ1) is 14.7. The molecular formula is C22H31N3O5S. The molecule has 0 aromatic heterocycles. The summed E-state index contributed by atoms with van der Waals surface area (Å²) in [6.45, 7) is 9.08. The van der Waals surface area contributed by atoms with Crippen molar-refractivity contribution in [2.24, 2.45) is 0 Å². The third-order valence-electron chi connectivity index (χ3n) is 5.01. The number of carbonyl (C=O) groups is 1. The molecule has 0 spiro atoms. The Bertz CT molecular complexity index is 1000. The normalized spacial score (nSPS) is 11.4. The first kappa shape index (κ1) is 24.6. The van der Waals surface area contributed by atoms with Crippen LogP contribution in [0.2, 0.25) is 0 Å². The van der Waals surface area contributed by atoms with Gasteiger partial charge in [-0.1, -0.05) is 19.9 Å². The minimum atomic E-state index is -3.65. The zero-order chi connectivity index (χ0) is 23.0. The van der Waals surface area contributed by atoms with Gasteiger partial charge in [0, 0.05) is 23.9 Å². The lowest BCUT2D eigenvalue weighted by molar-refractivity contribution is 0.102. The lowest BCUT2D eigenvalue weighted by atomic mass is 10.1. The molecule has 2 aromatic carbocycles. The molecule has 0 unspecified atom stereocenters. The highest BCUT2D eigenvalue weighted by molar-refractivity contribution is 7.89. The molecule has 0 radical (unpaired) electrons. The number of nitrogens with one attached hydrogen (secondary N) is 2. The number of methoxy groups -OCH3 is 1. The average Bonchev–Trinajstić information content (AvgIpc) is 2.77. The molecule has 0 saturated heterocycles. The molecule has 0 atom stereocenters. The van der Waals surface area contributed by atoms with Crippen LogP contribution in [0.1, 0.15) is 29.8 Å². The third kappa shape index (κ3) is 6.43. The van der Waals surface area contributed by atoms with E-state index in [1.807, 2.05) is 0 Å². The lowest BCUT2D eigenvalue weighted by Gasteiger charge is -2.19. The van der Waals surface area contributed by atoms with E-state index < -0.39 is 15.9 Å². The van der Waals surface area contributed by atoms with E-state index in [9.17, 15) is 13.2 Å². The molecule has 0 aliphatic rings. The molecule has 0 heterocycles. The summed E-state index contributed by atoms with van der Waals surface area (Å²) in [5, 5.41) is 2.81. The number of likely N-dealkylation sites (N-methyl/N-ethyl adjacent to an activating group) is 1.